The SMILES string of the molecule is CC1CCCC1.[C-]#[O+].[C-]#[O+].[C-]#[O+].[C-]#[O+].[C-]#[O+].[C-]#[O+].[C-]#[O+].[C-]#[O+].[Fe].[Fe].[Mn].[SH-]. The van der Waals surface area contributed by atoms with E-state index in [1.807, 2.05) is 0 Å². The first-order chi connectivity index (χ1) is 10.9. The first kappa shape index (κ1) is 83.3. The molecule has 0 aromatic heterocycles. The van der Waals surface area contributed by atoms with Gasteiger partial charge in [-0.1, -0.05) is 32.6 Å². The molecule has 0 aromatic rings. The second kappa shape index (κ2) is 302. The molecule has 1 rings (SSSR count). The van der Waals surface area contributed by atoms with E-state index in [9.17, 15) is 0 Å². The number of hydrogen-bond acceptors (Lipinski definition) is 1. The standard InChI is InChI=1S/C6H12.8CO.2Fe.Mn.H2S/c1-6-4-2-3-5-6;8*1-2;;;;/h6H,2-5H2,1H3;;;;;;;;;;;;1H2/p-1. The van der Waals surface area contributed by atoms with Crippen molar-refractivity contribution in [1.82, 2.24) is 0 Å². The molecule has 0 amide bonds. The van der Waals surface area contributed by atoms with Crippen molar-refractivity contribution in [3.05, 3.63) is 53.2 Å². The monoisotopic (exact) mass is 508 g/mol. The Morgan fingerprint density at radius 1 is 0.500 bits per heavy atom. The third-order valence-corrected chi connectivity index (χ3v) is 1.64. The van der Waals surface area contributed by atoms with Crippen LogP contribution < -0.4 is 0 Å². The topological polar surface area (TPSA) is 159 Å². The minimum Gasteiger partial charge on any atom is -0.813 e. The van der Waals surface area contributed by atoms with Crippen LogP contribution in [0.2, 0.25) is 0 Å². The van der Waals surface area contributed by atoms with Crippen molar-refractivity contribution in [2.24, 2.45) is 5.92 Å². The van der Waals surface area contributed by atoms with Gasteiger partial charge < -0.3 is 13.5 Å². The fourth-order valence-corrected chi connectivity index (χ4v) is 1.13. The Morgan fingerprint density at radius 3 is 0.654 bits per heavy atom. The van der Waals surface area contributed by atoms with E-state index in [2.05, 4.69) is 60.1 Å². The van der Waals surface area contributed by atoms with Crippen LogP contribution in [0.25, 0.3) is 0 Å². The molecule has 26 heavy (non-hydrogen) atoms. The maximum absolute atomic E-state index is 7.50. The zero-order valence-corrected chi connectivity index (χ0v) is 17.5. The van der Waals surface area contributed by atoms with Crippen LogP contribution in [0, 0.1) is 59.1 Å². The van der Waals surface area contributed by atoms with E-state index >= 15 is 0 Å². The summed E-state index contributed by atoms with van der Waals surface area (Å²) in [6.45, 7) is 38.3. The largest absolute Gasteiger partial charge is 0.813 e. The summed E-state index contributed by atoms with van der Waals surface area (Å²) >= 11 is 0. The maximum atomic E-state index is 7.50. The molecule has 0 heterocycles. The van der Waals surface area contributed by atoms with Crippen LogP contribution in [0.1, 0.15) is 32.6 Å². The van der Waals surface area contributed by atoms with Crippen molar-refractivity contribution in [3.63, 3.8) is 0 Å². The summed E-state index contributed by atoms with van der Waals surface area (Å²) in [5, 5.41) is 0. The van der Waals surface area contributed by atoms with Crippen molar-refractivity contribution >= 4 is 13.5 Å². The van der Waals surface area contributed by atoms with Gasteiger partial charge in [-0.25, -0.2) is 0 Å². The van der Waals surface area contributed by atoms with Crippen LogP contribution in [-0.2, 0) is 102 Å². The van der Waals surface area contributed by atoms with Gasteiger partial charge in [-0.05, 0) is 5.92 Å². The Balaban J connectivity index is -0.00000000887. The van der Waals surface area contributed by atoms with Gasteiger partial charge >= 0.3 is 90.4 Å². The summed E-state index contributed by atoms with van der Waals surface area (Å²) in [6.07, 6.45) is 5.95. The Labute approximate surface area is 193 Å². The maximum Gasteiger partial charge on any atom is 0 e. The molecule has 0 unspecified atom stereocenters. The van der Waals surface area contributed by atoms with Gasteiger partial charge in [0.1, 0.15) is 0 Å². The van der Waals surface area contributed by atoms with Crippen LogP contribution in [0.4, 0.5) is 0 Å². The molecule has 0 spiro atoms. The Morgan fingerprint density at radius 2 is 0.615 bits per heavy atom. The average molecular weight is 508 g/mol. The van der Waals surface area contributed by atoms with Gasteiger partial charge in [0.05, 0.1) is 0 Å². The summed E-state index contributed by atoms with van der Waals surface area (Å²) in [6, 6.07) is 0. The second-order valence-corrected chi connectivity index (χ2v) is 2.39. The fraction of sp³-hybridized carbons (Fsp3) is 0.429. The summed E-state index contributed by atoms with van der Waals surface area (Å²) < 4.78 is 60.0. The van der Waals surface area contributed by atoms with Crippen molar-refractivity contribution in [2.75, 3.05) is 0 Å². The predicted molar refractivity (Wildman–Crippen MR) is 67.8 cm³/mol. The summed E-state index contributed by atoms with van der Waals surface area (Å²) in [5.41, 5.74) is 0. The van der Waals surface area contributed by atoms with Crippen molar-refractivity contribution in [1.29, 1.82) is 0 Å². The molecule has 12 heteroatoms. The van der Waals surface area contributed by atoms with E-state index in [-0.39, 0.29) is 64.7 Å². The van der Waals surface area contributed by atoms with Crippen LogP contribution in [0.5, 0.6) is 0 Å². The molecule has 0 aliphatic heterocycles. The normalized spacial score (nSPS) is 6.50. The van der Waals surface area contributed by atoms with Crippen LogP contribution in [0.15, 0.2) is 0 Å². The summed E-state index contributed by atoms with van der Waals surface area (Å²) in [5.74, 6) is 1.05. The number of hydrogen-bond donors (Lipinski definition) is 0. The Bertz CT molecular complexity index is 234. The smallest absolute Gasteiger partial charge is 0 e. The molecule has 147 valence electrons. The molecule has 1 aliphatic rings. The van der Waals surface area contributed by atoms with E-state index in [1.54, 1.807) is 0 Å². The molecule has 1 aliphatic carbocycles. The quantitative estimate of drug-likeness (QED) is 0.157. The molecule has 1 fully saturated rings. The van der Waals surface area contributed by atoms with Crippen molar-refractivity contribution in [2.45, 2.75) is 32.6 Å². The molecule has 1 saturated carbocycles. The van der Waals surface area contributed by atoms with Crippen molar-refractivity contribution < 1.29 is 88.4 Å². The van der Waals surface area contributed by atoms with E-state index in [0.717, 1.165) is 5.92 Å². The molecule has 1 radical (unpaired) electrons. The first-order valence-electron chi connectivity index (χ1n) is 4.53. The van der Waals surface area contributed by atoms with E-state index < -0.39 is 0 Å². The zero-order valence-electron chi connectivity index (χ0n) is 13.2. The summed E-state index contributed by atoms with van der Waals surface area (Å²) in [7, 11) is 0. The zero-order chi connectivity index (χ0) is 20.4. The minimum atomic E-state index is 0. The average Bonchev–Trinajstić information content (AvgIpc) is 3.19. The van der Waals surface area contributed by atoms with Crippen LogP contribution in [-0.4, -0.2) is 0 Å². The van der Waals surface area contributed by atoms with Crippen LogP contribution in [0.3, 0.4) is 0 Å². The fourth-order valence-electron chi connectivity index (χ4n) is 1.13. The third-order valence-electron chi connectivity index (χ3n) is 1.64. The Hall–Kier alpha value is -0.172. The van der Waals surface area contributed by atoms with Crippen molar-refractivity contribution in [3.8, 4) is 0 Å². The van der Waals surface area contributed by atoms with Gasteiger partial charge in [0.2, 0.25) is 0 Å². The molecular weight excluding hydrogens is 495 g/mol. The molecule has 0 aromatic carbocycles. The number of rotatable bonds is 0. The summed E-state index contributed by atoms with van der Waals surface area (Å²) in [4.78, 5) is 0. The van der Waals surface area contributed by atoms with Gasteiger partial charge in [-0.2, -0.15) is 0 Å². The molecule has 0 saturated heterocycles. The van der Waals surface area contributed by atoms with Gasteiger partial charge in [-0.15, -0.1) is 0 Å². The molecule has 0 bridgehead atoms. The van der Waals surface area contributed by atoms with Gasteiger partial charge in [0.15, 0.2) is 0 Å². The molecule has 8 nitrogen and oxygen atoms in total. The number of thiol groups is 1. The van der Waals surface area contributed by atoms with E-state index in [0.29, 0.717) is 0 Å². The van der Waals surface area contributed by atoms with E-state index in [4.69, 9.17) is 37.2 Å². The molecule has 0 N–H and O–H groups in total. The minimum absolute atomic E-state index is 0. The van der Waals surface area contributed by atoms with Gasteiger partial charge in [-0.3, -0.25) is 0 Å². The van der Waals surface area contributed by atoms with E-state index in [1.165, 1.54) is 25.7 Å². The molecule has 0 atom stereocenters. The molecular formula is C14H13Fe2MnO8S-. The van der Waals surface area contributed by atoms with Gasteiger partial charge in [0, 0.05) is 51.2 Å². The van der Waals surface area contributed by atoms with Crippen LogP contribution >= 0.6 is 0 Å². The first-order valence-corrected chi connectivity index (χ1v) is 4.53. The Kier molecular flexibility index (Phi) is 968. The second-order valence-electron chi connectivity index (χ2n) is 2.39. The predicted octanol–water partition coefficient (Wildman–Crippen LogP) is 1.62. The third kappa shape index (κ3) is 266. The van der Waals surface area contributed by atoms with Gasteiger partial charge in [0.25, 0.3) is 0 Å².